The van der Waals surface area contributed by atoms with Crippen molar-refractivity contribution in [1.82, 2.24) is 10.6 Å². The summed E-state index contributed by atoms with van der Waals surface area (Å²) in [6, 6.07) is 12.6. The highest BCUT2D eigenvalue weighted by Gasteiger charge is 2.42. The monoisotopic (exact) mass is 455 g/mol. The van der Waals surface area contributed by atoms with Crippen LogP contribution in [0.2, 0.25) is 0 Å². The van der Waals surface area contributed by atoms with Gasteiger partial charge in [0.15, 0.2) is 19.1 Å². The van der Waals surface area contributed by atoms with Crippen LogP contribution in [0.3, 0.4) is 0 Å². The van der Waals surface area contributed by atoms with Crippen LogP contribution in [0.15, 0.2) is 54.6 Å². The van der Waals surface area contributed by atoms with Crippen molar-refractivity contribution in [3.63, 3.8) is 0 Å². The maximum atomic E-state index is 12.2. The molecule has 13 heteroatoms. The number of carbonyl (C=O) groups excluding carboxylic acids is 3. The van der Waals surface area contributed by atoms with Gasteiger partial charge in [-0.05, 0) is 29.8 Å². The lowest BCUT2D eigenvalue weighted by Crippen LogP contribution is -2.70. The number of non-ortho nitro benzene ring substituents is 1. The highest BCUT2D eigenvalue weighted by molar-refractivity contribution is 6.29. The average Bonchev–Trinajstić information content (AvgIpc) is 2.83. The smallest absolute Gasteiger partial charge is 0.449 e. The van der Waals surface area contributed by atoms with Crippen molar-refractivity contribution >= 4 is 29.4 Å². The summed E-state index contributed by atoms with van der Waals surface area (Å²) >= 11 is 0. The maximum Gasteiger partial charge on any atom is 0.563 e. The van der Waals surface area contributed by atoms with Crippen LogP contribution in [0.1, 0.15) is 15.9 Å². The summed E-state index contributed by atoms with van der Waals surface area (Å²) in [7, 11) is 0. The molecule has 2 aromatic carbocycles. The summed E-state index contributed by atoms with van der Waals surface area (Å²) in [6.45, 7) is -0.860. The number of benzene rings is 2. The predicted octanol–water partition coefficient (Wildman–Crippen LogP) is 0.512. The molecule has 2 atom stereocenters. The molecule has 0 bridgehead atoms. The molecule has 1 saturated heterocycles. The number of nitrogens with one attached hydrogen (secondary N) is 2. The Hall–Kier alpha value is -4.61. The number of hydrogen-bond acceptors (Lipinski definition) is 8. The highest BCUT2D eigenvalue weighted by Crippen LogP contribution is 2.13. The van der Waals surface area contributed by atoms with E-state index in [0.29, 0.717) is 11.1 Å². The molecule has 1 fully saturated rings. The number of ether oxygens (including phenoxy) is 3. The molecular weight excluding hydrogens is 438 g/mol. The van der Waals surface area contributed by atoms with Crippen LogP contribution in [-0.2, 0) is 30.4 Å². The van der Waals surface area contributed by atoms with Gasteiger partial charge < -0.3 is 30.4 Å². The third kappa shape index (κ3) is 5.97. The fourth-order valence-corrected chi connectivity index (χ4v) is 2.66. The standard InChI is InChI=1S/C20H17N5O8/c21-24-19(20(28)31-10-12-6-8-14(9-7-12)25(29)30)33-11-32-18-15(17(27)23-18)22-16(26)13-4-2-1-3-5-13/h1-9,15,18H,10-11H2,(H,22,26)(H,23,27)/t15-,18+/m0/s1. The van der Waals surface area contributed by atoms with Crippen LogP contribution in [-0.4, -0.2) is 52.5 Å². The van der Waals surface area contributed by atoms with Gasteiger partial charge in [-0.3, -0.25) is 19.7 Å². The third-order valence-electron chi connectivity index (χ3n) is 4.42. The molecule has 2 amide bonds. The number of nitro benzene ring substituents is 1. The van der Waals surface area contributed by atoms with Gasteiger partial charge in [0.25, 0.3) is 11.6 Å². The van der Waals surface area contributed by atoms with E-state index in [1.165, 1.54) is 24.3 Å². The summed E-state index contributed by atoms with van der Waals surface area (Å²) in [6.07, 6.45) is -0.929. The fourth-order valence-electron chi connectivity index (χ4n) is 2.66. The van der Waals surface area contributed by atoms with E-state index >= 15 is 0 Å². The van der Waals surface area contributed by atoms with Crippen molar-refractivity contribution in [2.24, 2.45) is 0 Å². The molecule has 1 aliphatic rings. The number of nitro groups is 1. The number of rotatable bonds is 8. The van der Waals surface area contributed by atoms with Crippen LogP contribution in [0, 0.1) is 10.1 Å². The van der Waals surface area contributed by atoms with Crippen molar-refractivity contribution < 1.29 is 38.3 Å². The van der Waals surface area contributed by atoms with E-state index in [1.54, 1.807) is 30.3 Å². The van der Waals surface area contributed by atoms with E-state index in [4.69, 9.17) is 19.7 Å². The number of β-lactam (4-membered cyclic amide) rings is 1. The minimum absolute atomic E-state index is 0.121. The van der Waals surface area contributed by atoms with Gasteiger partial charge >= 0.3 is 11.9 Å². The molecule has 2 aromatic rings. The van der Waals surface area contributed by atoms with Gasteiger partial charge in [0.05, 0.1) is 4.92 Å². The fraction of sp³-hybridized carbons (Fsp3) is 0.200. The number of amides is 2. The first-order valence-electron chi connectivity index (χ1n) is 9.42. The number of carbonyl (C=O) groups is 3. The number of esters is 1. The van der Waals surface area contributed by atoms with Gasteiger partial charge in [0.1, 0.15) is 6.61 Å². The Morgan fingerprint density at radius 2 is 1.82 bits per heavy atom. The normalized spacial score (nSPS) is 16.4. The predicted molar refractivity (Wildman–Crippen MR) is 108 cm³/mol. The van der Waals surface area contributed by atoms with Crippen molar-refractivity contribution in [1.29, 1.82) is 0 Å². The van der Waals surface area contributed by atoms with E-state index in [-0.39, 0.29) is 12.3 Å². The van der Waals surface area contributed by atoms with Gasteiger partial charge in [-0.15, -0.1) is 4.79 Å². The Bertz CT molecular complexity index is 1100. The van der Waals surface area contributed by atoms with E-state index in [0.717, 1.165) is 0 Å². The molecule has 0 radical (unpaired) electrons. The first kappa shape index (κ1) is 23.1. The van der Waals surface area contributed by atoms with Gasteiger partial charge in [-0.25, -0.2) is 4.79 Å². The zero-order valence-electron chi connectivity index (χ0n) is 16.9. The summed E-state index contributed by atoms with van der Waals surface area (Å²) in [4.78, 5) is 48.6. The molecule has 0 saturated carbocycles. The molecule has 0 unspecified atom stereocenters. The Labute approximate surface area is 186 Å². The van der Waals surface area contributed by atoms with Crippen molar-refractivity contribution in [2.45, 2.75) is 18.9 Å². The zero-order chi connectivity index (χ0) is 23.8. The third-order valence-corrected chi connectivity index (χ3v) is 4.42. The molecule has 170 valence electrons. The Balaban J connectivity index is 1.44. The lowest BCUT2D eigenvalue weighted by atomic mass is 10.1. The first-order chi connectivity index (χ1) is 15.9. The van der Waals surface area contributed by atoms with Gasteiger partial charge in [0, 0.05) is 17.7 Å². The van der Waals surface area contributed by atoms with E-state index < -0.39 is 47.7 Å². The Kier molecular flexibility index (Phi) is 7.42. The largest absolute Gasteiger partial charge is 0.563 e. The van der Waals surface area contributed by atoms with Gasteiger partial charge in [0.2, 0.25) is 5.91 Å². The Morgan fingerprint density at radius 3 is 2.42 bits per heavy atom. The molecule has 3 rings (SSSR count). The van der Waals surface area contributed by atoms with E-state index in [2.05, 4.69) is 15.4 Å². The SMILES string of the molecule is [N-]=[N+]=C(OCO[C@H]1NC(=O)[C@@H]1NC(=O)c1ccccc1)C(=O)OCc1ccc([N+](=O)[O-])cc1. The molecule has 1 aliphatic heterocycles. The maximum absolute atomic E-state index is 12.2. The second kappa shape index (κ2) is 10.6. The molecular formula is C20H17N5O8. The summed E-state index contributed by atoms with van der Waals surface area (Å²) in [5.74, 6) is -2.88. The van der Waals surface area contributed by atoms with Crippen LogP contribution < -0.4 is 10.6 Å². The highest BCUT2D eigenvalue weighted by atomic mass is 16.7. The topological polar surface area (TPSA) is 182 Å². The first-order valence-corrected chi connectivity index (χ1v) is 9.42. The quantitative estimate of drug-likeness (QED) is 0.0664. The summed E-state index contributed by atoms with van der Waals surface area (Å²) < 4.78 is 15.1. The average molecular weight is 455 g/mol. The van der Waals surface area contributed by atoms with Crippen LogP contribution in [0.5, 0.6) is 0 Å². The van der Waals surface area contributed by atoms with Crippen LogP contribution >= 0.6 is 0 Å². The van der Waals surface area contributed by atoms with Gasteiger partial charge in [-0.1, -0.05) is 18.2 Å². The van der Waals surface area contributed by atoms with Crippen LogP contribution in [0.25, 0.3) is 5.53 Å². The molecule has 0 aliphatic carbocycles. The second-order valence-corrected chi connectivity index (χ2v) is 6.58. The van der Waals surface area contributed by atoms with E-state index in [1.807, 2.05) is 0 Å². The van der Waals surface area contributed by atoms with Crippen molar-refractivity contribution in [3.05, 3.63) is 81.4 Å². The molecule has 33 heavy (non-hydrogen) atoms. The summed E-state index contributed by atoms with van der Waals surface area (Å²) in [5.41, 5.74) is 9.66. The zero-order valence-corrected chi connectivity index (χ0v) is 16.9. The molecule has 1 heterocycles. The minimum Gasteiger partial charge on any atom is -0.449 e. The number of hydrogen-bond donors (Lipinski definition) is 2. The molecule has 2 N–H and O–H groups in total. The molecule has 0 spiro atoms. The second-order valence-electron chi connectivity index (χ2n) is 6.58. The Morgan fingerprint density at radius 1 is 1.12 bits per heavy atom. The van der Waals surface area contributed by atoms with Gasteiger partial charge in [-0.2, -0.15) is 0 Å². The lowest BCUT2D eigenvalue weighted by Gasteiger charge is -2.36. The molecule has 13 nitrogen and oxygen atoms in total. The lowest BCUT2D eigenvalue weighted by molar-refractivity contribution is -0.384. The van der Waals surface area contributed by atoms with Crippen molar-refractivity contribution in [2.75, 3.05) is 6.79 Å². The van der Waals surface area contributed by atoms with Crippen LogP contribution in [0.4, 0.5) is 5.69 Å². The van der Waals surface area contributed by atoms with Crippen molar-refractivity contribution in [3.8, 4) is 0 Å². The van der Waals surface area contributed by atoms with E-state index in [9.17, 15) is 24.5 Å². The number of nitrogens with zero attached hydrogens (tertiary/aromatic N) is 3. The minimum atomic E-state index is -1.12. The summed E-state index contributed by atoms with van der Waals surface area (Å²) in [5, 5.41) is 15.6. The molecule has 0 aromatic heterocycles.